The fourth-order valence-electron chi connectivity index (χ4n) is 1.68. The Morgan fingerprint density at radius 3 is 2.47 bits per heavy atom. The van der Waals surface area contributed by atoms with Gasteiger partial charge in [-0.25, -0.2) is 0 Å². The van der Waals surface area contributed by atoms with Gasteiger partial charge in [-0.2, -0.15) is 0 Å². The Labute approximate surface area is 102 Å². The van der Waals surface area contributed by atoms with Crippen LogP contribution < -0.4 is 0 Å². The van der Waals surface area contributed by atoms with Gasteiger partial charge in [-0.05, 0) is 25.3 Å². The molecule has 3 heteroatoms. The van der Waals surface area contributed by atoms with E-state index in [0.29, 0.717) is 19.6 Å². The molecule has 0 fully saturated rings. The van der Waals surface area contributed by atoms with Gasteiger partial charge >= 0.3 is 5.97 Å². The Morgan fingerprint density at radius 2 is 1.94 bits per heavy atom. The summed E-state index contributed by atoms with van der Waals surface area (Å²) >= 11 is 0. The van der Waals surface area contributed by atoms with Crippen LogP contribution in [0.25, 0.3) is 0 Å². The first-order valence-corrected chi connectivity index (χ1v) is 6.02. The summed E-state index contributed by atoms with van der Waals surface area (Å²) in [5.74, 6) is -1.25. The van der Waals surface area contributed by atoms with Gasteiger partial charge in [0.1, 0.15) is 0 Å². The van der Waals surface area contributed by atoms with E-state index in [1.165, 1.54) is 0 Å². The van der Waals surface area contributed by atoms with Gasteiger partial charge in [-0.15, -0.1) is 0 Å². The molecule has 94 valence electrons. The Kier molecular flexibility index (Phi) is 5.70. The van der Waals surface area contributed by atoms with Crippen LogP contribution in [0.4, 0.5) is 0 Å². The number of rotatable bonds is 7. The molecule has 17 heavy (non-hydrogen) atoms. The van der Waals surface area contributed by atoms with Crippen LogP contribution in [0.5, 0.6) is 0 Å². The molecule has 1 N–H and O–H groups in total. The summed E-state index contributed by atoms with van der Waals surface area (Å²) in [6, 6.07) is 7.65. The predicted octanol–water partition coefficient (Wildman–Crippen LogP) is 2.98. The highest BCUT2D eigenvalue weighted by Gasteiger charge is 2.19. The summed E-state index contributed by atoms with van der Waals surface area (Å²) in [4.78, 5) is 11.2. The van der Waals surface area contributed by atoms with Crippen molar-refractivity contribution < 1.29 is 14.6 Å². The lowest BCUT2D eigenvalue weighted by molar-refractivity contribution is -0.139. The maximum absolute atomic E-state index is 11.2. The molecular formula is C14H20O3. The maximum atomic E-state index is 11.2. The number of carboxylic acid groups (broad SMARTS) is 1. The Morgan fingerprint density at radius 1 is 1.29 bits per heavy atom. The quantitative estimate of drug-likeness (QED) is 0.740. The first kappa shape index (κ1) is 13.7. The summed E-state index contributed by atoms with van der Waals surface area (Å²) in [5, 5.41) is 9.20. The average Bonchev–Trinajstić information content (AvgIpc) is 2.30. The molecule has 1 unspecified atom stereocenters. The molecule has 0 saturated carbocycles. The van der Waals surface area contributed by atoms with Crippen molar-refractivity contribution in [2.75, 3.05) is 13.2 Å². The molecule has 0 aliphatic heterocycles. The highest BCUT2D eigenvalue weighted by atomic mass is 16.5. The second kappa shape index (κ2) is 7.07. The van der Waals surface area contributed by atoms with Crippen molar-refractivity contribution in [3.8, 4) is 0 Å². The number of benzene rings is 1. The molecule has 0 amide bonds. The second-order valence-corrected chi connectivity index (χ2v) is 4.20. The van der Waals surface area contributed by atoms with Crippen molar-refractivity contribution in [1.29, 1.82) is 0 Å². The first-order chi connectivity index (χ1) is 8.15. The molecule has 0 aromatic heterocycles. The van der Waals surface area contributed by atoms with Gasteiger partial charge in [0.25, 0.3) is 0 Å². The van der Waals surface area contributed by atoms with E-state index in [1.54, 1.807) is 0 Å². The minimum absolute atomic E-state index is 0.465. The molecule has 0 heterocycles. The zero-order valence-corrected chi connectivity index (χ0v) is 10.5. The molecule has 3 nitrogen and oxygen atoms in total. The van der Waals surface area contributed by atoms with Crippen LogP contribution in [0.1, 0.15) is 36.8 Å². The smallest absolute Gasteiger partial charge is 0.311 e. The minimum atomic E-state index is -0.783. The number of carboxylic acids is 1. The van der Waals surface area contributed by atoms with Crippen LogP contribution >= 0.6 is 0 Å². The van der Waals surface area contributed by atoms with Crippen molar-refractivity contribution in [3.63, 3.8) is 0 Å². The molecule has 1 atom stereocenters. The van der Waals surface area contributed by atoms with Crippen molar-refractivity contribution >= 4 is 5.97 Å². The van der Waals surface area contributed by atoms with E-state index in [2.05, 4.69) is 0 Å². The zero-order chi connectivity index (χ0) is 12.7. The van der Waals surface area contributed by atoms with Crippen LogP contribution in [-0.2, 0) is 9.53 Å². The second-order valence-electron chi connectivity index (χ2n) is 4.20. The van der Waals surface area contributed by atoms with Gasteiger partial charge in [-0.1, -0.05) is 36.8 Å². The van der Waals surface area contributed by atoms with E-state index in [1.807, 2.05) is 38.1 Å². The summed E-state index contributed by atoms with van der Waals surface area (Å²) < 4.78 is 5.35. The molecule has 0 bridgehead atoms. The first-order valence-electron chi connectivity index (χ1n) is 6.02. The van der Waals surface area contributed by atoms with Gasteiger partial charge in [0.15, 0.2) is 0 Å². The summed E-state index contributed by atoms with van der Waals surface area (Å²) in [5.41, 5.74) is 1.99. The van der Waals surface area contributed by atoms with Crippen molar-refractivity contribution in [3.05, 3.63) is 35.4 Å². The molecule has 0 aliphatic carbocycles. The van der Waals surface area contributed by atoms with Crippen LogP contribution in [-0.4, -0.2) is 24.3 Å². The SMILES string of the molecule is CCCOCCC(C(=O)O)c1ccc(C)cc1. The Hall–Kier alpha value is -1.35. The van der Waals surface area contributed by atoms with E-state index in [0.717, 1.165) is 17.5 Å². The van der Waals surface area contributed by atoms with Crippen molar-refractivity contribution in [2.45, 2.75) is 32.6 Å². The molecular weight excluding hydrogens is 216 g/mol. The number of hydrogen-bond donors (Lipinski definition) is 1. The van der Waals surface area contributed by atoms with Gasteiger partial charge in [-0.3, -0.25) is 4.79 Å². The fourth-order valence-corrected chi connectivity index (χ4v) is 1.68. The number of ether oxygens (including phenoxy) is 1. The molecule has 0 radical (unpaired) electrons. The zero-order valence-electron chi connectivity index (χ0n) is 10.5. The number of carbonyl (C=O) groups is 1. The molecule has 1 aromatic rings. The van der Waals surface area contributed by atoms with E-state index in [4.69, 9.17) is 4.74 Å². The van der Waals surface area contributed by atoms with Crippen molar-refractivity contribution in [2.24, 2.45) is 0 Å². The third-order valence-corrected chi connectivity index (χ3v) is 2.68. The van der Waals surface area contributed by atoms with Crippen LogP contribution in [0.3, 0.4) is 0 Å². The molecule has 0 aliphatic rings. The van der Waals surface area contributed by atoms with E-state index >= 15 is 0 Å². The van der Waals surface area contributed by atoms with Crippen LogP contribution in [0.2, 0.25) is 0 Å². The van der Waals surface area contributed by atoms with Crippen LogP contribution in [0.15, 0.2) is 24.3 Å². The number of aliphatic carboxylic acids is 1. The lowest BCUT2D eigenvalue weighted by Gasteiger charge is -2.13. The largest absolute Gasteiger partial charge is 0.481 e. The lowest BCUT2D eigenvalue weighted by Crippen LogP contribution is -2.14. The summed E-state index contributed by atoms with van der Waals surface area (Å²) in [6.07, 6.45) is 1.49. The maximum Gasteiger partial charge on any atom is 0.311 e. The van der Waals surface area contributed by atoms with Gasteiger partial charge in [0.2, 0.25) is 0 Å². The average molecular weight is 236 g/mol. The number of hydrogen-bond acceptors (Lipinski definition) is 2. The lowest BCUT2D eigenvalue weighted by atomic mass is 9.95. The van der Waals surface area contributed by atoms with E-state index in [-0.39, 0.29) is 0 Å². The van der Waals surface area contributed by atoms with Gasteiger partial charge in [0, 0.05) is 13.2 Å². The third-order valence-electron chi connectivity index (χ3n) is 2.68. The van der Waals surface area contributed by atoms with Gasteiger partial charge < -0.3 is 9.84 Å². The monoisotopic (exact) mass is 236 g/mol. The van der Waals surface area contributed by atoms with E-state index < -0.39 is 11.9 Å². The topological polar surface area (TPSA) is 46.5 Å². The minimum Gasteiger partial charge on any atom is -0.481 e. The standard InChI is InChI=1S/C14H20O3/c1-3-9-17-10-8-13(14(15)16)12-6-4-11(2)5-7-12/h4-7,13H,3,8-10H2,1-2H3,(H,15,16). The summed E-state index contributed by atoms with van der Waals surface area (Å²) in [6.45, 7) is 5.22. The highest BCUT2D eigenvalue weighted by Crippen LogP contribution is 2.20. The fraction of sp³-hybridized carbons (Fsp3) is 0.500. The third kappa shape index (κ3) is 4.57. The molecule has 1 rings (SSSR count). The summed E-state index contributed by atoms with van der Waals surface area (Å²) in [7, 11) is 0. The Balaban J connectivity index is 2.59. The van der Waals surface area contributed by atoms with Crippen LogP contribution in [0, 0.1) is 6.92 Å². The van der Waals surface area contributed by atoms with E-state index in [9.17, 15) is 9.90 Å². The highest BCUT2D eigenvalue weighted by molar-refractivity contribution is 5.76. The van der Waals surface area contributed by atoms with Gasteiger partial charge in [0.05, 0.1) is 5.92 Å². The Bertz CT molecular complexity index is 343. The normalized spacial score (nSPS) is 12.4. The molecule has 0 spiro atoms. The predicted molar refractivity (Wildman–Crippen MR) is 67.3 cm³/mol. The molecule has 0 saturated heterocycles. The van der Waals surface area contributed by atoms with Crippen molar-refractivity contribution in [1.82, 2.24) is 0 Å². The number of aryl methyl sites for hydroxylation is 1. The molecule has 1 aromatic carbocycles.